The molecule has 1 fully saturated rings. The highest BCUT2D eigenvalue weighted by atomic mass is 16.3. The molecule has 4 heteroatoms. The number of likely N-dealkylation sites (tertiary alicyclic amines) is 1. The van der Waals surface area contributed by atoms with Crippen LogP contribution < -0.4 is 0 Å². The Balaban J connectivity index is 1.39. The summed E-state index contributed by atoms with van der Waals surface area (Å²) in [4.78, 5) is 18.8. The smallest absolute Gasteiger partial charge is 0.223 e. The topological polar surface area (TPSA) is 46.3 Å². The molecule has 0 N–H and O–H groups in total. The maximum atomic E-state index is 12.8. The second-order valence-electron chi connectivity index (χ2n) is 6.88. The molecule has 2 aromatic heterocycles. The van der Waals surface area contributed by atoms with E-state index in [9.17, 15) is 4.79 Å². The first-order valence-corrected chi connectivity index (χ1v) is 9.04. The number of furan rings is 1. The van der Waals surface area contributed by atoms with Crippen LogP contribution in [0.2, 0.25) is 0 Å². The van der Waals surface area contributed by atoms with E-state index >= 15 is 0 Å². The molecule has 132 valence electrons. The van der Waals surface area contributed by atoms with Gasteiger partial charge in [0.25, 0.3) is 0 Å². The summed E-state index contributed by atoms with van der Waals surface area (Å²) in [6.07, 6.45) is 6.59. The second kappa shape index (κ2) is 7.56. The van der Waals surface area contributed by atoms with E-state index in [0.29, 0.717) is 12.3 Å². The lowest BCUT2D eigenvalue weighted by molar-refractivity contribution is -0.136. The van der Waals surface area contributed by atoms with Gasteiger partial charge < -0.3 is 9.32 Å². The van der Waals surface area contributed by atoms with E-state index in [-0.39, 0.29) is 11.8 Å². The van der Waals surface area contributed by atoms with E-state index in [0.717, 1.165) is 25.3 Å². The predicted molar refractivity (Wildman–Crippen MR) is 99.8 cm³/mol. The van der Waals surface area contributed by atoms with Crippen LogP contribution in [0.1, 0.15) is 35.1 Å². The molecule has 1 unspecified atom stereocenters. The normalized spacial score (nSPS) is 15.5. The van der Waals surface area contributed by atoms with E-state index in [1.807, 2.05) is 59.8 Å². The van der Waals surface area contributed by atoms with Gasteiger partial charge in [0.1, 0.15) is 5.76 Å². The van der Waals surface area contributed by atoms with Crippen LogP contribution in [0.4, 0.5) is 0 Å². The van der Waals surface area contributed by atoms with E-state index in [1.54, 1.807) is 6.26 Å². The SMILES string of the molecule is O=C(CC(Cc1ccccc1)c1ccco1)N1CC(c2ccncc2)C1. The molecule has 3 heterocycles. The summed E-state index contributed by atoms with van der Waals surface area (Å²) in [5, 5.41) is 0. The molecule has 1 amide bonds. The molecule has 0 radical (unpaired) electrons. The van der Waals surface area contributed by atoms with Crippen LogP contribution >= 0.6 is 0 Å². The standard InChI is InChI=1S/C22H22N2O2/c25-22(24-15-20(16-24)18-8-10-23-11-9-18)14-19(21-7-4-12-26-21)13-17-5-2-1-3-6-17/h1-12,19-20H,13-16H2. The van der Waals surface area contributed by atoms with Crippen molar-refractivity contribution in [1.82, 2.24) is 9.88 Å². The minimum Gasteiger partial charge on any atom is -0.469 e. The molecule has 3 aromatic rings. The van der Waals surface area contributed by atoms with Gasteiger partial charge in [-0.2, -0.15) is 0 Å². The highest BCUT2D eigenvalue weighted by Gasteiger charge is 2.33. The Labute approximate surface area is 153 Å². The van der Waals surface area contributed by atoms with Crippen molar-refractivity contribution in [3.63, 3.8) is 0 Å². The number of benzene rings is 1. The van der Waals surface area contributed by atoms with E-state index in [1.165, 1.54) is 11.1 Å². The third-order valence-corrected chi connectivity index (χ3v) is 5.10. The molecular formula is C22H22N2O2. The monoisotopic (exact) mass is 346 g/mol. The van der Waals surface area contributed by atoms with Gasteiger partial charge >= 0.3 is 0 Å². The van der Waals surface area contributed by atoms with Crippen LogP contribution in [0, 0.1) is 0 Å². The first-order valence-electron chi connectivity index (χ1n) is 9.04. The minimum atomic E-state index is 0.0693. The summed E-state index contributed by atoms with van der Waals surface area (Å²) < 4.78 is 5.61. The largest absolute Gasteiger partial charge is 0.469 e. The number of carbonyl (C=O) groups is 1. The van der Waals surface area contributed by atoms with Gasteiger partial charge in [0.05, 0.1) is 6.26 Å². The Kier molecular flexibility index (Phi) is 4.82. The summed E-state index contributed by atoms with van der Waals surface area (Å²) in [7, 11) is 0. The van der Waals surface area contributed by atoms with Crippen molar-refractivity contribution in [3.05, 3.63) is 90.1 Å². The molecule has 0 saturated carbocycles. The fourth-order valence-electron chi connectivity index (χ4n) is 3.56. The molecule has 4 rings (SSSR count). The van der Waals surface area contributed by atoms with Gasteiger partial charge in [-0.15, -0.1) is 0 Å². The van der Waals surface area contributed by atoms with Gasteiger partial charge in [0.2, 0.25) is 5.91 Å². The van der Waals surface area contributed by atoms with Crippen molar-refractivity contribution >= 4 is 5.91 Å². The predicted octanol–water partition coefficient (Wildman–Crippen LogP) is 4.02. The van der Waals surface area contributed by atoms with Crippen molar-refractivity contribution in [2.45, 2.75) is 24.7 Å². The molecule has 1 aromatic carbocycles. The summed E-state index contributed by atoms with van der Waals surface area (Å²) in [6, 6.07) is 18.2. The molecule has 1 aliphatic rings. The zero-order valence-electron chi connectivity index (χ0n) is 14.6. The van der Waals surface area contributed by atoms with E-state index in [2.05, 4.69) is 17.1 Å². The highest BCUT2D eigenvalue weighted by Crippen LogP contribution is 2.30. The van der Waals surface area contributed by atoms with Gasteiger partial charge in [-0.05, 0) is 41.8 Å². The fraction of sp³-hybridized carbons (Fsp3) is 0.273. The number of pyridine rings is 1. The van der Waals surface area contributed by atoms with Gasteiger partial charge in [-0.1, -0.05) is 30.3 Å². The Bertz CT molecular complexity index is 825. The Morgan fingerprint density at radius 2 is 1.85 bits per heavy atom. The van der Waals surface area contributed by atoms with E-state index in [4.69, 9.17) is 4.42 Å². The number of hydrogen-bond donors (Lipinski definition) is 0. The lowest BCUT2D eigenvalue weighted by Crippen LogP contribution is -2.48. The minimum absolute atomic E-state index is 0.0693. The number of aromatic nitrogens is 1. The zero-order valence-corrected chi connectivity index (χ0v) is 14.6. The molecule has 4 nitrogen and oxygen atoms in total. The Hall–Kier alpha value is -2.88. The number of nitrogens with zero attached hydrogens (tertiary/aromatic N) is 2. The van der Waals surface area contributed by atoms with Crippen molar-refractivity contribution in [2.24, 2.45) is 0 Å². The molecule has 1 saturated heterocycles. The van der Waals surface area contributed by atoms with Gasteiger partial charge in [-0.25, -0.2) is 0 Å². The number of amides is 1. The number of hydrogen-bond acceptors (Lipinski definition) is 3. The first-order chi connectivity index (χ1) is 12.8. The Morgan fingerprint density at radius 3 is 2.54 bits per heavy atom. The first kappa shape index (κ1) is 16.6. The fourth-order valence-corrected chi connectivity index (χ4v) is 3.56. The molecule has 0 bridgehead atoms. The highest BCUT2D eigenvalue weighted by molar-refractivity contribution is 5.78. The van der Waals surface area contributed by atoms with Gasteiger partial charge in [0, 0.05) is 43.7 Å². The van der Waals surface area contributed by atoms with Crippen LogP contribution in [0.25, 0.3) is 0 Å². The zero-order chi connectivity index (χ0) is 17.8. The summed E-state index contributed by atoms with van der Waals surface area (Å²) in [6.45, 7) is 1.58. The van der Waals surface area contributed by atoms with Crippen LogP contribution in [-0.2, 0) is 11.2 Å². The summed E-state index contributed by atoms with van der Waals surface area (Å²) in [5.74, 6) is 1.58. The Morgan fingerprint density at radius 1 is 1.08 bits per heavy atom. The lowest BCUT2D eigenvalue weighted by atomic mass is 9.89. The third kappa shape index (κ3) is 3.69. The van der Waals surface area contributed by atoms with Crippen LogP contribution in [0.5, 0.6) is 0 Å². The van der Waals surface area contributed by atoms with Crippen LogP contribution in [0.15, 0.2) is 77.7 Å². The van der Waals surface area contributed by atoms with Crippen molar-refractivity contribution in [1.29, 1.82) is 0 Å². The molecule has 26 heavy (non-hydrogen) atoms. The quantitative estimate of drug-likeness (QED) is 0.677. The van der Waals surface area contributed by atoms with Gasteiger partial charge in [-0.3, -0.25) is 9.78 Å². The lowest BCUT2D eigenvalue weighted by Gasteiger charge is -2.40. The van der Waals surface area contributed by atoms with E-state index < -0.39 is 0 Å². The maximum absolute atomic E-state index is 12.8. The summed E-state index contributed by atoms with van der Waals surface area (Å²) >= 11 is 0. The molecular weight excluding hydrogens is 324 g/mol. The maximum Gasteiger partial charge on any atom is 0.223 e. The molecule has 1 atom stereocenters. The van der Waals surface area contributed by atoms with Crippen LogP contribution in [0.3, 0.4) is 0 Å². The summed E-state index contributed by atoms with van der Waals surface area (Å²) in [5.41, 5.74) is 2.48. The van der Waals surface area contributed by atoms with Gasteiger partial charge in [0.15, 0.2) is 0 Å². The third-order valence-electron chi connectivity index (χ3n) is 5.10. The molecule has 0 spiro atoms. The van der Waals surface area contributed by atoms with Crippen LogP contribution in [-0.4, -0.2) is 28.9 Å². The van der Waals surface area contributed by atoms with Crippen molar-refractivity contribution in [3.8, 4) is 0 Å². The number of carbonyl (C=O) groups excluding carboxylic acids is 1. The second-order valence-corrected chi connectivity index (χ2v) is 6.88. The average molecular weight is 346 g/mol. The van der Waals surface area contributed by atoms with Crippen molar-refractivity contribution < 1.29 is 9.21 Å². The average Bonchev–Trinajstić information content (AvgIpc) is 3.16. The molecule has 0 aliphatic carbocycles. The van der Waals surface area contributed by atoms with Crippen molar-refractivity contribution in [2.75, 3.05) is 13.1 Å². The number of rotatable bonds is 6. The molecule has 1 aliphatic heterocycles.